The fourth-order valence-corrected chi connectivity index (χ4v) is 5.29. The highest BCUT2D eigenvalue weighted by Gasteiger charge is 2.34. The average Bonchev–Trinajstić information content (AvgIpc) is 3.32. The number of ether oxygens (including phenoxy) is 3. The average molecular weight is 525 g/mol. The van der Waals surface area contributed by atoms with E-state index >= 15 is 0 Å². The molecule has 8 nitrogen and oxygen atoms in total. The Labute approximate surface area is 213 Å². The second-order valence-corrected chi connectivity index (χ2v) is 10.1. The Morgan fingerprint density at radius 1 is 1.16 bits per heavy atom. The molecule has 10 heteroatoms. The lowest BCUT2D eigenvalue weighted by atomic mass is 9.88. The van der Waals surface area contributed by atoms with Gasteiger partial charge in [0.2, 0.25) is 6.79 Å². The van der Waals surface area contributed by atoms with Crippen LogP contribution >= 0.6 is 8.03 Å². The molecular formula is C27H25FNO7P. The van der Waals surface area contributed by atoms with Gasteiger partial charge in [-0.05, 0) is 59.0 Å². The number of terminal acetylenes is 1. The molecule has 1 aliphatic rings. The molecule has 37 heavy (non-hydrogen) atoms. The molecular weight excluding hydrogens is 500 g/mol. The predicted octanol–water partition coefficient (Wildman–Crippen LogP) is 4.80. The van der Waals surface area contributed by atoms with Crippen molar-refractivity contribution in [3.63, 3.8) is 0 Å². The lowest BCUT2D eigenvalue weighted by Gasteiger charge is -2.27. The SMILES string of the molecule is C#COC(=O)CC(O)C(c1c(-c2ccc(F)cc2)cc(-c2ccc3c(c2)OCO3)nc1C(C)C)[PH](=O)O. The number of rotatable bonds is 8. The lowest BCUT2D eigenvalue weighted by molar-refractivity contribution is -0.139. The van der Waals surface area contributed by atoms with Gasteiger partial charge in [0.05, 0.1) is 23.9 Å². The minimum absolute atomic E-state index is 0.107. The summed E-state index contributed by atoms with van der Waals surface area (Å²) in [6, 6.07) is 12.7. The molecule has 0 aliphatic carbocycles. The highest BCUT2D eigenvalue weighted by atomic mass is 31.1. The van der Waals surface area contributed by atoms with Gasteiger partial charge < -0.3 is 24.2 Å². The van der Waals surface area contributed by atoms with Crippen molar-refractivity contribution >= 4 is 14.0 Å². The van der Waals surface area contributed by atoms with Crippen LogP contribution in [0, 0.1) is 18.3 Å². The molecule has 0 saturated heterocycles. The number of hydrogen-bond donors (Lipinski definition) is 2. The van der Waals surface area contributed by atoms with Crippen molar-refractivity contribution in [1.82, 2.24) is 4.98 Å². The monoisotopic (exact) mass is 525 g/mol. The zero-order valence-corrected chi connectivity index (χ0v) is 21.1. The molecule has 4 rings (SSSR count). The van der Waals surface area contributed by atoms with E-state index in [9.17, 15) is 23.7 Å². The first-order valence-electron chi connectivity index (χ1n) is 11.5. The van der Waals surface area contributed by atoms with E-state index in [-0.39, 0.29) is 12.7 Å². The Bertz CT molecular complexity index is 1380. The molecule has 0 radical (unpaired) electrons. The normalized spacial score (nSPS) is 14.6. The molecule has 0 saturated carbocycles. The Morgan fingerprint density at radius 3 is 2.49 bits per heavy atom. The molecule has 0 amide bonds. The summed E-state index contributed by atoms with van der Waals surface area (Å²) in [6.45, 7) is 3.82. The van der Waals surface area contributed by atoms with Crippen LogP contribution in [0.25, 0.3) is 22.4 Å². The zero-order chi connectivity index (χ0) is 26.7. The molecule has 3 atom stereocenters. The Morgan fingerprint density at radius 2 is 1.84 bits per heavy atom. The Kier molecular flexibility index (Phi) is 7.94. The van der Waals surface area contributed by atoms with Gasteiger partial charge in [-0.15, -0.1) is 0 Å². The van der Waals surface area contributed by atoms with Gasteiger partial charge in [0, 0.05) is 11.3 Å². The van der Waals surface area contributed by atoms with E-state index in [2.05, 4.69) is 4.74 Å². The van der Waals surface area contributed by atoms with E-state index in [1.54, 1.807) is 24.3 Å². The smallest absolute Gasteiger partial charge is 0.322 e. The topological polar surface area (TPSA) is 115 Å². The van der Waals surface area contributed by atoms with E-state index < -0.39 is 38.0 Å². The van der Waals surface area contributed by atoms with Gasteiger partial charge >= 0.3 is 5.97 Å². The number of carbonyl (C=O) groups excluding carboxylic acids is 1. The quantitative estimate of drug-likeness (QED) is 0.245. The number of carbonyl (C=O) groups is 1. The first-order chi connectivity index (χ1) is 17.7. The van der Waals surface area contributed by atoms with Crippen LogP contribution in [0.5, 0.6) is 11.5 Å². The van der Waals surface area contributed by atoms with Gasteiger partial charge in [-0.2, -0.15) is 0 Å². The maximum Gasteiger partial charge on any atom is 0.322 e. The number of fused-ring (bicyclic) bond motifs is 1. The second kappa shape index (κ2) is 11.1. The number of aliphatic hydroxyl groups is 1. The van der Waals surface area contributed by atoms with Crippen LogP contribution in [0.2, 0.25) is 0 Å². The van der Waals surface area contributed by atoms with Crippen LogP contribution in [0.1, 0.15) is 43.1 Å². The lowest BCUT2D eigenvalue weighted by Crippen LogP contribution is -2.23. The van der Waals surface area contributed by atoms with Crippen LogP contribution in [0.3, 0.4) is 0 Å². The summed E-state index contributed by atoms with van der Waals surface area (Å²) in [7, 11) is -3.47. The van der Waals surface area contributed by atoms with Crippen LogP contribution in [-0.4, -0.2) is 33.9 Å². The summed E-state index contributed by atoms with van der Waals surface area (Å²) >= 11 is 0. The summed E-state index contributed by atoms with van der Waals surface area (Å²) < 4.78 is 41.8. The molecule has 192 valence electrons. The van der Waals surface area contributed by atoms with E-state index in [1.807, 2.05) is 19.9 Å². The minimum Gasteiger partial charge on any atom is -0.454 e. The number of esters is 1. The fourth-order valence-electron chi connectivity index (χ4n) is 4.29. The van der Waals surface area contributed by atoms with Crippen LogP contribution in [0.15, 0.2) is 48.5 Å². The highest BCUT2D eigenvalue weighted by molar-refractivity contribution is 7.38. The van der Waals surface area contributed by atoms with Gasteiger partial charge in [-0.1, -0.05) is 32.4 Å². The molecule has 0 fully saturated rings. The Hall–Kier alpha value is -3.70. The zero-order valence-electron chi connectivity index (χ0n) is 20.1. The maximum absolute atomic E-state index is 13.8. The number of aliphatic hydroxyl groups excluding tert-OH is 1. The van der Waals surface area contributed by atoms with Crippen molar-refractivity contribution in [2.24, 2.45) is 0 Å². The van der Waals surface area contributed by atoms with Gasteiger partial charge in [0.15, 0.2) is 19.5 Å². The third kappa shape index (κ3) is 5.67. The molecule has 1 aromatic heterocycles. The molecule has 3 aromatic rings. The van der Waals surface area contributed by atoms with Crippen molar-refractivity contribution in [2.75, 3.05) is 6.79 Å². The van der Waals surface area contributed by atoms with E-state index in [0.29, 0.717) is 45.1 Å². The van der Waals surface area contributed by atoms with Crippen LogP contribution < -0.4 is 9.47 Å². The molecule has 1 aliphatic heterocycles. The maximum atomic E-state index is 13.8. The van der Waals surface area contributed by atoms with E-state index in [4.69, 9.17) is 20.9 Å². The van der Waals surface area contributed by atoms with Gasteiger partial charge in [-0.3, -0.25) is 14.3 Å². The van der Waals surface area contributed by atoms with Crippen molar-refractivity contribution in [2.45, 2.75) is 37.9 Å². The summed E-state index contributed by atoms with van der Waals surface area (Å²) in [5.41, 5.74) is 1.60. The third-order valence-corrected chi connectivity index (χ3v) is 7.17. The van der Waals surface area contributed by atoms with Gasteiger partial charge in [0.25, 0.3) is 0 Å². The first-order valence-corrected chi connectivity index (χ1v) is 12.9. The van der Waals surface area contributed by atoms with Gasteiger partial charge in [-0.25, -0.2) is 4.39 Å². The van der Waals surface area contributed by atoms with Crippen molar-refractivity contribution in [1.29, 1.82) is 0 Å². The number of hydrogen-bond acceptors (Lipinski definition) is 7. The Balaban J connectivity index is 1.95. The fraction of sp³-hybridized carbons (Fsp3) is 0.259. The summed E-state index contributed by atoms with van der Waals surface area (Å²) in [5.74, 6) is -0.467. The van der Waals surface area contributed by atoms with Crippen molar-refractivity contribution < 1.29 is 38.0 Å². The second-order valence-electron chi connectivity index (χ2n) is 8.76. The number of benzene rings is 2. The van der Waals surface area contributed by atoms with E-state index in [1.165, 1.54) is 24.3 Å². The third-order valence-electron chi connectivity index (χ3n) is 5.97. The van der Waals surface area contributed by atoms with Gasteiger partial charge in [0.1, 0.15) is 11.9 Å². The van der Waals surface area contributed by atoms with E-state index in [0.717, 1.165) is 0 Å². The van der Waals surface area contributed by atoms with Crippen molar-refractivity contribution in [3.8, 4) is 46.4 Å². The number of pyridine rings is 1. The number of halogens is 1. The van der Waals surface area contributed by atoms with Crippen LogP contribution in [0.4, 0.5) is 4.39 Å². The molecule has 2 N–H and O–H groups in total. The molecule has 0 spiro atoms. The highest BCUT2D eigenvalue weighted by Crippen LogP contribution is 2.49. The number of aromatic nitrogens is 1. The predicted molar refractivity (Wildman–Crippen MR) is 135 cm³/mol. The first kappa shape index (κ1) is 26.4. The summed E-state index contributed by atoms with van der Waals surface area (Å²) in [6.07, 6.45) is 4.54. The molecule has 0 bridgehead atoms. The van der Waals surface area contributed by atoms with Crippen LogP contribution in [-0.2, 0) is 14.1 Å². The molecule has 3 unspecified atom stereocenters. The molecule has 2 aromatic carbocycles. The largest absolute Gasteiger partial charge is 0.454 e. The summed E-state index contributed by atoms with van der Waals surface area (Å²) in [5, 5.41) is 10.9. The minimum atomic E-state index is -3.47. The summed E-state index contributed by atoms with van der Waals surface area (Å²) in [4.78, 5) is 27.2. The standard InChI is InChI=1S/C27H25FNO7P/c1-4-34-24(31)13-21(30)27(37(32)33)25-19(16-5-8-18(28)9-6-16)12-20(29-26(25)15(2)3)17-7-10-22-23(11-17)36-14-35-22/h1,5-12,15,21,27,30,37H,13-14H2,2-3H3,(H,32,33). The molecule has 2 heterocycles. The number of nitrogens with zero attached hydrogens (tertiary/aromatic N) is 1. The van der Waals surface area contributed by atoms with Crippen molar-refractivity contribution in [3.05, 3.63) is 65.6 Å².